The molecular weight excluding hydrogens is 435 g/mol. The third kappa shape index (κ3) is 4.16. The highest BCUT2D eigenvalue weighted by atomic mass is 35.5. The van der Waals surface area contributed by atoms with Crippen molar-refractivity contribution in [2.45, 2.75) is 12.8 Å². The van der Waals surface area contributed by atoms with Gasteiger partial charge in [0.1, 0.15) is 16.5 Å². The van der Waals surface area contributed by atoms with E-state index in [1.807, 2.05) is 0 Å². The van der Waals surface area contributed by atoms with E-state index >= 15 is 0 Å². The maximum Gasteiger partial charge on any atom is 0.338 e. The van der Waals surface area contributed by atoms with Crippen LogP contribution in [-0.2, 0) is 16.0 Å². The number of phenolic OH excluding ortho intramolecular Hbond substituents is 2. The molecule has 0 fully saturated rings. The van der Waals surface area contributed by atoms with Crippen LogP contribution < -0.4 is 0 Å². The van der Waals surface area contributed by atoms with E-state index in [0.717, 1.165) is 6.07 Å². The number of benzene rings is 2. The Morgan fingerprint density at radius 3 is 2.11 bits per heavy atom. The number of aromatic carboxylic acids is 1. The highest BCUT2D eigenvalue weighted by Crippen LogP contribution is 2.41. The maximum absolute atomic E-state index is 13.0. The van der Waals surface area contributed by atoms with Gasteiger partial charge in [-0.25, -0.2) is 4.79 Å². The van der Waals surface area contributed by atoms with E-state index in [0.29, 0.717) is 0 Å². The molecule has 2 rings (SSSR count). The fourth-order valence-electron chi connectivity index (χ4n) is 2.50. The van der Waals surface area contributed by atoms with Gasteiger partial charge in [0, 0.05) is 6.42 Å². The molecule has 0 aliphatic carbocycles. The van der Waals surface area contributed by atoms with E-state index in [4.69, 9.17) is 34.8 Å². The summed E-state index contributed by atoms with van der Waals surface area (Å²) >= 11 is 17.8. The lowest BCUT2D eigenvalue weighted by Gasteiger charge is -2.14. The third-order valence-corrected chi connectivity index (χ3v) is 4.90. The Bertz CT molecular complexity index is 986. The number of carbonyl (C=O) groups excluding carboxylic acids is 2. The summed E-state index contributed by atoms with van der Waals surface area (Å²) in [6.07, 6.45) is -0.176. The van der Waals surface area contributed by atoms with Crippen LogP contribution in [0.3, 0.4) is 0 Å². The molecule has 7 nitrogen and oxygen atoms in total. The molecule has 10 heteroatoms. The normalized spacial score (nSPS) is 10.6. The van der Waals surface area contributed by atoms with Gasteiger partial charge in [0.25, 0.3) is 0 Å². The van der Waals surface area contributed by atoms with Crippen molar-refractivity contribution in [2.75, 3.05) is 7.11 Å². The lowest BCUT2D eigenvalue weighted by atomic mass is 9.94. The maximum atomic E-state index is 13.0. The van der Waals surface area contributed by atoms with Crippen molar-refractivity contribution in [3.05, 3.63) is 55.5 Å². The first kappa shape index (κ1) is 21.8. The molecule has 0 bridgehead atoms. The van der Waals surface area contributed by atoms with Gasteiger partial charge in [0.05, 0.1) is 33.8 Å². The third-order valence-electron chi connectivity index (χ3n) is 3.91. The van der Waals surface area contributed by atoms with Gasteiger partial charge >= 0.3 is 11.9 Å². The predicted molar refractivity (Wildman–Crippen MR) is 102 cm³/mol. The molecule has 0 unspecified atom stereocenters. The number of aromatic hydroxyl groups is 2. The summed E-state index contributed by atoms with van der Waals surface area (Å²) in [6, 6.07) is 3.56. The topological polar surface area (TPSA) is 121 Å². The molecule has 0 aromatic heterocycles. The molecule has 3 N–H and O–H groups in total. The SMILES string of the molecule is COC(=O)CCc1cc(C(=O)c2c(Cl)ccc(Cl)c2C(=O)O)c(O)c(Cl)c1O. The molecule has 0 saturated carbocycles. The quantitative estimate of drug-likeness (QED) is 0.450. The second-order valence-corrected chi connectivity index (χ2v) is 6.78. The van der Waals surface area contributed by atoms with Gasteiger partial charge in [-0.2, -0.15) is 0 Å². The van der Waals surface area contributed by atoms with Crippen molar-refractivity contribution in [1.82, 2.24) is 0 Å². The molecule has 0 aliphatic rings. The summed E-state index contributed by atoms with van der Waals surface area (Å²) in [4.78, 5) is 35.9. The van der Waals surface area contributed by atoms with Gasteiger partial charge in [-0.05, 0) is 30.2 Å². The number of hydrogen-bond donors (Lipinski definition) is 3. The Morgan fingerprint density at radius 1 is 1.00 bits per heavy atom. The van der Waals surface area contributed by atoms with Crippen LogP contribution >= 0.6 is 34.8 Å². The number of phenols is 2. The van der Waals surface area contributed by atoms with E-state index in [-0.39, 0.29) is 28.5 Å². The van der Waals surface area contributed by atoms with Gasteiger partial charge in [-0.1, -0.05) is 34.8 Å². The van der Waals surface area contributed by atoms with E-state index in [1.165, 1.54) is 19.2 Å². The number of esters is 1. The van der Waals surface area contributed by atoms with Crippen molar-refractivity contribution >= 4 is 52.5 Å². The van der Waals surface area contributed by atoms with Crippen LogP contribution in [0.2, 0.25) is 15.1 Å². The molecule has 0 atom stereocenters. The Morgan fingerprint density at radius 2 is 1.57 bits per heavy atom. The van der Waals surface area contributed by atoms with E-state index in [9.17, 15) is 29.7 Å². The number of aryl methyl sites for hydroxylation is 1. The summed E-state index contributed by atoms with van der Waals surface area (Å²) in [5, 5.41) is 28.7. The Hall–Kier alpha value is -2.48. The van der Waals surface area contributed by atoms with Crippen LogP contribution in [-0.4, -0.2) is 40.2 Å². The second kappa shape index (κ2) is 8.68. The molecule has 0 saturated heterocycles. The highest BCUT2D eigenvalue weighted by Gasteiger charge is 2.28. The first-order valence-electron chi connectivity index (χ1n) is 7.66. The molecule has 28 heavy (non-hydrogen) atoms. The van der Waals surface area contributed by atoms with Crippen LogP contribution in [0.4, 0.5) is 0 Å². The fraction of sp³-hybridized carbons (Fsp3) is 0.167. The van der Waals surface area contributed by atoms with Crippen molar-refractivity contribution < 1.29 is 34.4 Å². The number of methoxy groups -OCH3 is 1. The molecule has 2 aromatic carbocycles. The number of halogens is 3. The summed E-state index contributed by atoms with van der Waals surface area (Å²) < 4.78 is 4.52. The average Bonchev–Trinajstić information content (AvgIpc) is 2.66. The smallest absolute Gasteiger partial charge is 0.338 e. The molecule has 0 heterocycles. The van der Waals surface area contributed by atoms with Gasteiger partial charge in [0.2, 0.25) is 0 Å². The van der Waals surface area contributed by atoms with E-state index in [2.05, 4.69) is 4.74 Å². The number of carboxylic acids is 1. The molecule has 0 spiro atoms. The zero-order chi connectivity index (χ0) is 21.2. The number of carboxylic acid groups (broad SMARTS) is 1. The predicted octanol–water partition coefficient (Wildman–Crippen LogP) is 4.09. The van der Waals surface area contributed by atoms with Gasteiger partial charge in [0.15, 0.2) is 5.78 Å². The summed E-state index contributed by atoms with van der Waals surface area (Å²) in [5.74, 6) is -4.31. The van der Waals surface area contributed by atoms with Crippen LogP contribution in [0.1, 0.15) is 38.3 Å². The fourth-order valence-corrected chi connectivity index (χ4v) is 3.21. The molecule has 148 valence electrons. The van der Waals surface area contributed by atoms with Crippen LogP contribution in [0.5, 0.6) is 11.5 Å². The first-order chi connectivity index (χ1) is 13.1. The average molecular weight is 448 g/mol. The highest BCUT2D eigenvalue weighted by molar-refractivity contribution is 6.40. The Labute approximate surface area is 174 Å². The van der Waals surface area contributed by atoms with Crippen molar-refractivity contribution in [3.8, 4) is 11.5 Å². The number of carbonyl (C=O) groups is 3. The minimum absolute atomic E-state index is 0.0478. The number of rotatable bonds is 6. The molecule has 0 radical (unpaired) electrons. The molecule has 0 amide bonds. The van der Waals surface area contributed by atoms with Crippen LogP contribution in [0.15, 0.2) is 18.2 Å². The van der Waals surface area contributed by atoms with E-state index < -0.39 is 50.9 Å². The minimum Gasteiger partial charge on any atom is -0.506 e. The first-order valence-corrected chi connectivity index (χ1v) is 8.79. The molecule has 2 aromatic rings. The monoisotopic (exact) mass is 446 g/mol. The Kier molecular flexibility index (Phi) is 6.77. The van der Waals surface area contributed by atoms with Crippen LogP contribution in [0, 0.1) is 0 Å². The lowest BCUT2D eigenvalue weighted by Crippen LogP contribution is -2.12. The summed E-state index contributed by atoms with van der Waals surface area (Å²) in [6.45, 7) is 0. The summed E-state index contributed by atoms with van der Waals surface area (Å²) in [5.41, 5.74) is -1.32. The van der Waals surface area contributed by atoms with Crippen molar-refractivity contribution in [2.24, 2.45) is 0 Å². The summed E-state index contributed by atoms with van der Waals surface area (Å²) in [7, 11) is 1.19. The minimum atomic E-state index is -1.49. The van der Waals surface area contributed by atoms with Gasteiger partial charge in [-0.3, -0.25) is 9.59 Å². The number of hydrogen-bond acceptors (Lipinski definition) is 6. The van der Waals surface area contributed by atoms with Gasteiger partial charge < -0.3 is 20.1 Å². The molecular formula is C18H13Cl3O7. The number of ether oxygens (including phenoxy) is 1. The van der Waals surface area contributed by atoms with Gasteiger partial charge in [-0.15, -0.1) is 0 Å². The standard InChI is InChI=1S/C18H13Cl3O7/c1-28-11(22)5-2-7-6-8(17(25)14(21)15(7)23)16(24)12-9(19)3-4-10(20)13(12)18(26)27/h3-4,6,23,25H,2,5H2,1H3,(H,26,27). The zero-order valence-electron chi connectivity index (χ0n) is 14.3. The van der Waals surface area contributed by atoms with Crippen molar-refractivity contribution in [1.29, 1.82) is 0 Å². The molecule has 0 aliphatic heterocycles. The van der Waals surface area contributed by atoms with Crippen LogP contribution in [0.25, 0.3) is 0 Å². The zero-order valence-corrected chi connectivity index (χ0v) is 16.5. The van der Waals surface area contributed by atoms with Crippen molar-refractivity contribution in [3.63, 3.8) is 0 Å². The Balaban J connectivity index is 2.64. The second-order valence-electron chi connectivity index (χ2n) is 5.58. The lowest BCUT2D eigenvalue weighted by molar-refractivity contribution is -0.140. The number of ketones is 1. The largest absolute Gasteiger partial charge is 0.506 e. The van der Waals surface area contributed by atoms with E-state index in [1.54, 1.807) is 0 Å².